The summed E-state index contributed by atoms with van der Waals surface area (Å²) in [6.07, 6.45) is 3.54. The topological polar surface area (TPSA) is 76.6 Å². The molecule has 0 aliphatic carbocycles. The number of nitrogens with zero attached hydrogens (tertiary/aromatic N) is 2. The first kappa shape index (κ1) is 22.8. The maximum Gasteiger partial charge on any atom is 0.253 e. The molecule has 0 aliphatic rings. The van der Waals surface area contributed by atoms with Gasteiger partial charge < -0.3 is 9.64 Å². The van der Waals surface area contributed by atoms with E-state index in [1.165, 1.54) is 12.1 Å². The van der Waals surface area contributed by atoms with Crippen molar-refractivity contribution in [1.82, 2.24) is 9.88 Å². The number of carbonyl (C=O) groups is 1. The van der Waals surface area contributed by atoms with Crippen LogP contribution in [0.5, 0.6) is 5.75 Å². The largest absolute Gasteiger partial charge is 0.493 e. The Morgan fingerprint density at radius 1 is 1.06 bits per heavy atom. The molecule has 3 aromatic rings. The van der Waals surface area contributed by atoms with E-state index >= 15 is 0 Å². The molecule has 1 amide bonds. The molecule has 0 bridgehead atoms. The SMILES string of the molecule is CN(CCCOc1cccc(S(C)(=O)=O)c1)C(=O)c1ccc(Sc2ccccn2)cc1. The van der Waals surface area contributed by atoms with Crippen molar-refractivity contribution in [3.05, 3.63) is 78.5 Å². The number of sulfone groups is 1. The average Bonchev–Trinajstić information content (AvgIpc) is 2.77. The highest BCUT2D eigenvalue weighted by Crippen LogP contribution is 2.25. The van der Waals surface area contributed by atoms with Crippen LogP contribution in [0.15, 0.2) is 87.7 Å². The van der Waals surface area contributed by atoms with E-state index in [9.17, 15) is 13.2 Å². The minimum atomic E-state index is -3.27. The van der Waals surface area contributed by atoms with E-state index in [2.05, 4.69) is 4.98 Å². The minimum Gasteiger partial charge on any atom is -0.493 e. The van der Waals surface area contributed by atoms with Gasteiger partial charge in [-0.1, -0.05) is 23.9 Å². The summed E-state index contributed by atoms with van der Waals surface area (Å²) in [5.41, 5.74) is 0.620. The van der Waals surface area contributed by atoms with Gasteiger partial charge in [0.15, 0.2) is 9.84 Å². The van der Waals surface area contributed by atoms with Gasteiger partial charge in [-0.2, -0.15) is 0 Å². The quantitative estimate of drug-likeness (QED) is 0.450. The molecule has 0 saturated carbocycles. The molecule has 0 fully saturated rings. The summed E-state index contributed by atoms with van der Waals surface area (Å²) in [4.78, 5) is 19.8. The third kappa shape index (κ3) is 6.83. The Balaban J connectivity index is 1.47. The molecule has 6 nitrogen and oxygen atoms in total. The third-order valence-corrected chi connectivity index (χ3v) is 6.52. The molecule has 1 aromatic heterocycles. The fourth-order valence-electron chi connectivity index (χ4n) is 2.80. The molecular weight excluding hydrogens is 432 g/mol. The Morgan fingerprint density at radius 2 is 1.84 bits per heavy atom. The van der Waals surface area contributed by atoms with Crippen LogP contribution in [0.1, 0.15) is 16.8 Å². The van der Waals surface area contributed by atoms with Gasteiger partial charge in [-0.05, 0) is 61.0 Å². The van der Waals surface area contributed by atoms with Crippen LogP contribution in [-0.4, -0.2) is 50.7 Å². The van der Waals surface area contributed by atoms with Gasteiger partial charge in [0, 0.05) is 36.5 Å². The average molecular weight is 457 g/mol. The smallest absolute Gasteiger partial charge is 0.253 e. The molecule has 0 aliphatic heterocycles. The van der Waals surface area contributed by atoms with Crippen molar-refractivity contribution >= 4 is 27.5 Å². The standard InChI is InChI=1S/C23H24N2O4S2/c1-25(15-6-16-29-19-7-5-8-21(17-19)31(2,27)28)23(26)18-10-12-20(13-11-18)30-22-9-3-4-14-24-22/h3-5,7-14,17H,6,15-16H2,1-2H3. The summed E-state index contributed by atoms with van der Waals surface area (Å²) in [6.45, 7) is 0.902. The van der Waals surface area contributed by atoms with Crippen LogP contribution in [-0.2, 0) is 9.84 Å². The number of ether oxygens (including phenoxy) is 1. The van der Waals surface area contributed by atoms with E-state index < -0.39 is 9.84 Å². The third-order valence-electron chi connectivity index (χ3n) is 4.45. The lowest BCUT2D eigenvalue weighted by Crippen LogP contribution is -2.28. The Hall–Kier alpha value is -2.84. The number of hydrogen-bond donors (Lipinski definition) is 0. The number of amides is 1. The second-order valence-corrected chi connectivity index (χ2v) is 10.1. The number of pyridine rings is 1. The van der Waals surface area contributed by atoms with Crippen molar-refractivity contribution in [1.29, 1.82) is 0 Å². The summed E-state index contributed by atoms with van der Waals surface area (Å²) in [7, 11) is -1.52. The molecular formula is C23H24N2O4S2. The fourth-order valence-corrected chi connectivity index (χ4v) is 4.23. The van der Waals surface area contributed by atoms with E-state index in [4.69, 9.17) is 4.74 Å². The summed E-state index contributed by atoms with van der Waals surface area (Å²) in [6, 6.07) is 19.6. The van der Waals surface area contributed by atoms with Crippen LogP contribution in [0.25, 0.3) is 0 Å². The molecule has 0 N–H and O–H groups in total. The van der Waals surface area contributed by atoms with E-state index in [1.54, 1.807) is 42.0 Å². The Labute approximate surface area is 187 Å². The lowest BCUT2D eigenvalue weighted by molar-refractivity contribution is 0.0787. The summed E-state index contributed by atoms with van der Waals surface area (Å²) in [5.74, 6) is 0.436. The predicted molar refractivity (Wildman–Crippen MR) is 121 cm³/mol. The van der Waals surface area contributed by atoms with Crippen molar-refractivity contribution in [2.45, 2.75) is 21.2 Å². The van der Waals surface area contributed by atoms with Gasteiger partial charge in [-0.15, -0.1) is 0 Å². The zero-order chi connectivity index (χ0) is 22.3. The zero-order valence-electron chi connectivity index (χ0n) is 17.4. The van der Waals surface area contributed by atoms with Crippen LogP contribution >= 0.6 is 11.8 Å². The molecule has 162 valence electrons. The van der Waals surface area contributed by atoms with Gasteiger partial charge in [-0.25, -0.2) is 13.4 Å². The van der Waals surface area contributed by atoms with Crippen molar-refractivity contribution in [2.24, 2.45) is 0 Å². The summed E-state index contributed by atoms with van der Waals surface area (Å²) in [5, 5.41) is 0.903. The Morgan fingerprint density at radius 3 is 2.52 bits per heavy atom. The Bertz CT molecular complexity index is 1120. The number of aromatic nitrogens is 1. The number of rotatable bonds is 9. The number of carbonyl (C=O) groups excluding carboxylic acids is 1. The molecule has 0 saturated heterocycles. The number of benzene rings is 2. The van der Waals surface area contributed by atoms with Gasteiger partial charge in [0.1, 0.15) is 10.8 Å². The molecule has 8 heteroatoms. The van der Waals surface area contributed by atoms with Crippen LogP contribution in [0.2, 0.25) is 0 Å². The lowest BCUT2D eigenvalue weighted by Gasteiger charge is -2.17. The molecule has 0 atom stereocenters. The molecule has 0 spiro atoms. The van der Waals surface area contributed by atoms with E-state index in [1.807, 2.05) is 42.5 Å². The maximum absolute atomic E-state index is 12.6. The minimum absolute atomic E-state index is 0.0616. The van der Waals surface area contributed by atoms with Crippen molar-refractivity contribution in [3.8, 4) is 5.75 Å². The fraction of sp³-hybridized carbons (Fsp3) is 0.217. The highest BCUT2D eigenvalue weighted by atomic mass is 32.2. The van der Waals surface area contributed by atoms with E-state index in [0.29, 0.717) is 30.9 Å². The second-order valence-electron chi connectivity index (χ2n) is 6.97. The first-order chi connectivity index (χ1) is 14.8. The predicted octanol–water partition coefficient (Wildman–Crippen LogP) is 4.18. The van der Waals surface area contributed by atoms with Gasteiger partial charge in [-0.3, -0.25) is 4.79 Å². The van der Waals surface area contributed by atoms with Crippen molar-refractivity contribution in [2.75, 3.05) is 26.5 Å². The van der Waals surface area contributed by atoms with Crippen molar-refractivity contribution < 1.29 is 17.9 Å². The monoisotopic (exact) mass is 456 g/mol. The molecule has 0 radical (unpaired) electrons. The van der Waals surface area contributed by atoms with E-state index in [0.717, 1.165) is 16.2 Å². The van der Waals surface area contributed by atoms with Crippen LogP contribution < -0.4 is 4.74 Å². The van der Waals surface area contributed by atoms with Crippen LogP contribution in [0.4, 0.5) is 0 Å². The molecule has 31 heavy (non-hydrogen) atoms. The first-order valence-corrected chi connectivity index (χ1v) is 12.4. The van der Waals surface area contributed by atoms with Gasteiger partial charge in [0.25, 0.3) is 5.91 Å². The molecule has 3 rings (SSSR count). The van der Waals surface area contributed by atoms with Gasteiger partial charge in [0.2, 0.25) is 0 Å². The van der Waals surface area contributed by atoms with Crippen LogP contribution in [0.3, 0.4) is 0 Å². The first-order valence-electron chi connectivity index (χ1n) is 9.70. The lowest BCUT2D eigenvalue weighted by atomic mass is 10.2. The second kappa shape index (κ2) is 10.5. The van der Waals surface area contributed by atoms with Crippen LogP contribution in [0, 0.1) is 0 Å². The van der Waals surface area contributed by atoms with E-state index in [-0.39, 0.29) is 10.8 Å². The Kier molecular flexibility index (Phi) is 7.70. The zero-order valence-corrected chi connectivity index (χ0v) is 19.0. The normalized spacial score (nSPS) is 11.2. The molecule has 1 heterocycles. The number of hydrogen-bond acceptors (Lipinski definition) is 6. The maximum atomic E-state index is 12.6. The van der Waals surface area contributed by atoms with Crippen molar-refractivity contribution in [3.63, 3.8) is 0 Å². The molecule has 0 unspecified atom stereocenters. The van der Waals surface area contributed by atoms with Gasteiger partial charge in [0.05, 0.1) is 11.5 Å². The van der Waals surface area contributed by atoms with Gasteiger partial charge >= 0.3 is 0 Å². The molecule has 2 aromatic carbocycles. The summed E-state index contributed by atoms with van der Waals surface area (Å²) < 4.78 is 28.9. The summed E-state index contributed by atoms with van der Waals surface area (Å²) >= 11 is 1.54. The highest BCUT2D eigenvalue weighted by molar-refractivity contribution is 7.99. The highest BCUT2D eigenvalue weighted by Gasteiger charge is 2.12.